The van der Waals surface area contributed by atoms with Crippen molar-refractivity contribution in [1.82, 2.24) is 5.32 Å². The van der Waals surface area contributed by atoms with E-state index in [0.717, 1.165) is 11.1 Å². The number of nitrogens with one attached hydrogen (secondary N) is 1. The second-order valence-corrected chi connectivity index (χ2v) is 10.2. The number of nitrogens with zero attached hydrogens (tertiary/aromatic N) is 1. The maximum absolute atomic E-state index is 12.9. The van der Waals surface area contributed by atoms with E-state index in [2.05, 4.69) is 9.71 Å². The van der Waals surface area contributed by atoms with Crippen LogP contribution in [0.25, 0.3) is 11.1 Å². The van der Waals surface area contributed by atoms with Gasteiger partial charge in [-0.2, -0.15) is 0 Å². The number of carbonyl (C=O) groups excluding carboxylic acids is 1. The maximum Gasteiger partial charge on any atom is 0.259 e. The predicted molar refractivity (Wildman–Crippen MR) is 129 cm³/mol. The Labute approximate surface area is 193 Å². The first kappa shape index (κ1) is 22.5. The minimum absolute atomic E-state index is 0.0913. The normalized spacial score (nSPS) is 14.7. The Morgan fingerprint density at radius 3 is 2.48 bits per heavy atom. The molecule has 1 heterocycles. The first-order valence-electron chi connectivity index (χ1n) is 10.4. The Balaban J connectivity index is 1.47. The molecule has 0 radical (unpaired) electrons. The topological polar surface area (TPSA) is 111 Å². The number of hydrogen-bond donors (Lipinski definition) is 2. The zero-order valence-corrected chi connectivity index (χ0v) is 19.2. The molecule has 0 fully saturated rings. The molecule has 3 aromatic rings. The van der Waals surface area contributed by atoms with Crippen molar-refractivity contribution in [2.45, 2.75) is 25.1 Å². The summed E-state index contributed by atoms with van der Waals surface area (Å²) in [7, 11) is -3.63. The van der Waals surface area contributed by atoms with Crippen molar-refractivity contribution >= 4 is 21.8 Å². The predicted octanol–water partition coefficient (Wildman–Crippen LogP) is 3.49. The zero-order chi connectivity index (χ0) is 23.6. The van der Waals surface area contributed by atoms with Crippen LogP contribution in [0.15, 0.2) is 77.2 Å². The van der Waals surface area contributed by atoms with Crippen LogP contribution in [0.4, 0.5) is 0 Å². The van der Waals surface area contributed by atoms with Gasteiger partial charge in [-0.3, -0.25) is 4.79 Å². The zero-order valence-electron chi connectivity index (χ0n) is 18.4. The van der Waals surface area contributed by atoms with Gasteiger partial charge in [0.15, 0.2) is 0 Å². The van der Waals surface area contributed by atoms with E-state index in [4.69, 9.17) is 10.5 Å². The Morgan fingerprint density at radius 2 is 1.73 bits per heavy atom. The third-order valence-electron chi connectivity index (χ3n) is 5.22. The Hall–Kier alpha value is -3.65. The summed E-state index contributed by atoms with van der Waals surface area (Å²) in [5.74, 6) is -0.106. The monoisotopic (exact) mass is 463 g/mol. The van der Waals surface area contributed by atoms with Crippen molar-refractivity contribution in [2.75, 3.05) is 6.61 Å². The molecule has 0 aromatic heterocycles. The summed E-state index contributed by atoms with van der Waals surface area (Å²) in [5.41, 5.74) is 8.74. The molecule has 33 heavy (non-hydrogen) atoms. The molecular weight excluding hydrogens is 438 g/mol. The van der Waals surface area contributed by atoms with Gasteiger partial charge < -0.3 is 15.8 Å². The third-order valence-corrected chi connectivity index (χ3v) is 6.37. The lowest BCUT2D eigenvalue weighted by molar-refractivity contribution is 0.0880. The van der Waals surface area contributed by atoms with Gasteiger partial charge in [0.05, 0.1) is 16.9 Å². The van der Waals surface area contributed by atoms with E-state index in [9.17, 15) is 13.2 Å². The van der Waals surface area contributed by atoms with Gasteiger partial charge in [-0.25, -0.2) is 8.42 Å². The van der Waals surface area contributed by atoms with E-state index in [0.29, 0.717) is 22.4 Å². The van der Waals surface area contributed by atoms with E-state index >= 15 is 0 Å². The summed E-state index contributed by atoms with van der Waals surface area (Å²) < 4.78 is 33.3. The van der Waals surface area contributed by atoms with Crippen molar-refractivity contribution in [1.29, 1.82) is 0 Å². The minimum Gasteiger partial charge on any atom is -0.490 e. The number of hydrogen-bond acceptors (Lipinski definition) is 5. The molecule has 8 heteroatoms. The van der Waals surface area contributed by atoms with Crippen molar-refractivity contribution in [3.8, 4) is 16.9 Å². The van der Waals surface area contributed by atoms with Gasteiger partial charge in [0.25, 0.3) is 15.9 Å². The van der Waals surface area contributed by atoms with E-state index in [1.165, 1.54) is 0 Å². The number of fused-ring (bicyclic) bond motifs is 1. The van der Waals surface area contributed by atoms with Crippen molar-refractivity contribution in [2.24, 2.45) is 10.1 Å². The molecular formula is C25H25N3O4S. The molecule has 3 aromatic carbocycles. The molecule has 7 nitrogen and oxygen atoms in total. The van der Waals surface area contributed by atoms with Crippen LogP contribution in [0.5, 0.6) is 5.75 Å². The molecule has 0 saturated heterocycles. The average molecular weight is 464 g/mol. The SMILES string of the molecule is CC(C)(COc1cccc2c1C(N)=NS(=O)(=O)C2)NC(=O)c1cccc(-c2ccccc2)c1. The number of amidine groups is 1. The second kappa shape index (κ2) is 8.71. The van der Waals surface area contributed by atoms with Gasteiger partial charge in [0, 0.05) is 5.56 Å². The Morgan fingerprint density at radius 1 is 1.03 bits per heavy atom. The number of amides is 1. The van der Waals surface area contributed by atoms with Crippen LogP contribution in [-0.4, -0.2) is 32.3 Å². The molecule has 1 aliphatic heterocycles. The lowest BCUT2D eigenvalue weighted by atomic mass is 10.0. The fraction of sp³-hybridized carbons (Fsp3) is 0.200. The molecule has 0 unspecified atom stereocenters. The molecule has 0 atom stereocenters. The van der Waals surface area contributed by atoms with Crippen LogP contribution in [-0.2, 0) is 15.8 Å². The molecule has 0 bridgehead atoms. The van der Waals surface area contributed by atoms with Gasteiger partial charge in [-0.15, -0.1) is 4.40 Å². The van der Waals surface area contributed by atoms with Gasteiger partial charge in [-0.1, -0.05) is 54.6 Å². The van der Waals surface area contributed by atoms with Gasteiger partial charge in [0.2, 0.25) is 0 Å². The van der Waals surface area contributed by atoms with Crippen molar-refractivity contribution in [3.05, 3.63) is 89.5 Å². The minimum atomic E-state index is -3.63. The highest BCUT2D eigenvalue weighted by atomic mass is 32.2. The van der Waals surface area contributed by atoms with Crippen molar-refractivity contribution in [3.63, 3.8) is 0 Å². The molecule has 170 valence electrons. The van der Waals surface area contributed by atoms with Crippen LogP contribution in [0.3, 0.4) is 0 Å². The maximum atomic E-state index is 12.9. The summed E-state index contributed by atoms with van der Waals surface area (Å²) in [5, 5.41) is 3.00. The molecule has 1 aliphatic rings. The third kappa shape index (κ3) is 5.23. The molecule has 0 spiro atoms. The molecule has 1 amide bonds. The summed E-state index contributed by atoms with van der Waals surface area (Å²) in [6, 6.07) is 22.4. The number of rotatable bonds is 6. The van der Waals surface area contributed by atoms with Gasteiger partial charge >= 0.3 is 0 Å². The standard InChI is InChI=1S/C25H25N3O4S/c1-25(2,16-32-21-13-7-12-20-15-33(30,31)28-23(26)22(20)21)27-24(29)19-11-6-10-18(14-19)17-8-4-3-5-9-17/h3-14H,15-16H2,1-2H3,(H2,26,28)(H,27,29). The van der Waals surface area contributed by atoms with Crippen LogP contribution in [0.2, 0.25) is 0 Å². The highest BCUT2D eigenvalue weighted by molar-refractivity contribution is 7.89. The van der Waals surface area contributed by atoms with Crippen LogP contribution < -0.4 is 15.8 Å². The van der Waals surface area contributed by atoms with E-state index < -0.39 is 15.6 Å². The number of ether oxygens (including phenoxy) is 1. The molecule has 0 aliphatic carbocycles. The Kier molecular flexibility index (Phi) is 5.95. The second-order valence-electron chi connectivity index (χ2n) is 8.57. The first-order chi connectivity index (χ1) is 15.6. The van der Waals surface area contributed by atoms with Gasteiger partial charge in [0.1, 0.15) is 18.2 Å². The van der Waals surface area contributed by atoms with Crippen molar-refractivity contribution < 1.29 is 17.9 Å². The lowest BCUT2D eigenvalue weighted by Gasteiger charge is -2.27. The van der Waals surface area contributed by atoms with Crippen LogP contribution in [0.1, 0.15) is 35.3 Å². The molecule has 4 rings (SSSR count). The quantitative estimate of drug-likeness (QED) is 0.581. The largest absolute Gasteiger partial charge is 0.490 e. The summed E-state index contributed by atoms with van der Waals surface area (Å²) in [6.45, 7) is 3.85. The first-order valence-corrected chi connectivity index (χ1v) is 12.1. The molecule has 0 saturated carbocycles. The smallest absolute Gasteiger partial charge is 0.259 e. The van der Waals surface area contributed by atoms with Gasteiger partial charge in [-0.05, 0) is 48.7 Å². The average Bonchev–Trinajstić information content (AvgIpc) is 2.77. The number of benzene rings is 3. The number of sulfonamides is 1. The lowest BCUT2D eigenvalue weighted by Crippen LogP contribution is -2.48. The van der Waals surface area contributed by atoms with Crippen LogP contribution >= 0.6 is 0 Å². The summed E-state index contributed by atoms with van der Waals surface area (Å²) >= 11 is 0. The Bertz CT molecular complexity index is 1330. The highest BCUT2D eigenvalue weighted by Crippen LogP contribution is 2.28. The fourth-order valence-electron chi connectivity index (χ4n) is 3.68. The summed E-state index contributed by atoms with van der Waals surface area (Å²) in [6.07, 6.45) is 0. The highest BCUT2D eigenvalue weighted by Gasteiger charge is 2.27. The van der Waals surface area contributed by atoms with E-state index in [1.807, 2.05) is 62.4 Å². The van der Waals surface area contributed by atoms with E-state index in [1.54, 1.807) is 24.3 Å². The number of carbonyl (C=O) groups is 1. The molecule has 3 N–H and O–H groups in total. The van der Waals surface area contributed by atoms with E-state index in [-0.39, 0.29) is 24.1 Å². The number of nitrogens with two attached hydrogens (primary N) is 1. The van der Waals surface area contributed by atoms with Crippen LogP contribution in [0, 0.1) is 0 Å². The fourth-order valence-corrected chi connectivity index (χ4v) is 4.77. The summed E-state index contributed by atoms with van der Waals surface area (Å²) in [4.78, 5) is 12.9.